The van der Waals surface area contributed by atoms with Gasteiger partial charge in [-0.3, -0.25) is 0 Å². The molecule has 0 saturated carbocycles. The van der Waals surface area contributed by atoms with Gasteiger partial charge in [0.25, 0.3) is 0 Å². The molecule has 18 heavy (non-hydrogen) atoms. The zero-order valence-corrected chi connectivity index (χ0v) is 12.2. The van der Waals surface area contributed by atoms with Crippen molar-refractivity contribution in [2.24, 2.45) is 0 Å². The van der Waals surface area contributed by atoms with Crippen LogP contribution in [0.3, 0.4) is 0 Å². The molecular formula is C15H20N2S. The minimum Gasteiger partial charge on any atom is -0.378 e. The molecule has 3 heteroatoms. The number of hydrogen-bond donors (Lipinski definition) is 1. The average molecular weight is 260 g/mol. The SMILES string of the molecule is CNC(C)c1ccc(-c2cccc(N(C)C)c2)s1. The number of thiophene rings is 1. The molecule has 2 nitrogen and oxygen atoms in total. The Kier molecular flexibility index (Phi) is 4.04. The standard InChI is InChI=1S/C15H20N2S/c1-11(16-2)14-8-9-15(18-14)12-6-5-7-13(10-12)17(3)4/h5-11,16H,1-4H3. The van der Waals surface area contributed by atoms with Gasteiger partial charge in [-0.15, -0.1) is 11.3 Å². The highest BCUT2D eigenvalue weighted by Gasteiger charge is 2.08. The van der Waals surface area contributed by atoms with E-state index in [0.29, 0.717) is 6.04 Å². The van der Waals surface area contributed by atoms with Gasteiger partial charge >= 0.3 is 0 Å². The molecule has 1 atom stereocenters. The van der Waals surface area contributed by atoms with Crippen LogP contribution in [0.15, 0.2) is 36.4 Å². The molecular weight excluding hydrogens is 240 g/mol. The van der Waals surface area contributed by atoms with E-state index in [2.05, 4.69) is 67.6 Å². The number of nitrogens with one attached hydrogen (secondary N) is 1. The summed E-state index contributed by atoms with van der Waals surface area (Å²) in [4.78, 5) is 4.84. The van der Waals surface area contributed by atoms with Crippen molar-refractivity contribution in [1.82, 2.24) is 5.32 Å². The van der Waals surface area contributed by atoms with Gasteiger partial charge in [-0.2, -0.15) is 0 Å². The minimum absolute atomic E-state index is 0.417. The fourth-order valence-electron chi connectivity index (χ4n) is 1.82. The molecule has 1 heterocycles. The third-order valence-corrected chi connectivity index (χ3v) is 4.45. The Balaban J connectivity index is 2.31. The Hall–Kier alpha value is -1.32. The first-order chi connectivity index (χ1) is 8.61. The highest BCUT2D eigenvalue weighted by atomic mass is 32.1. The van der Waals surface area contributed by atoms with Crippen LogP contribution in [0.4, 0.5) is 5.69 Å². The second-order valence-corrected chi connectivity index (χ2v) is 5.77. The van der Waals surface area contributed by atoms with Crippen molar-refractivity contribution in [3.8, 4) is 10.4 Å². The Morgan fingerprint density at radius 3 is 2.61 bits per heavy atom. The number of nitrogens with zero attached hydrogens (tertiary/aromatic N) is 1. The maximum Gasteiger partial charge on any atom is 0.0383 e. The lowest BCUT2D eigenvalue weighted by atomic mass is 10.1. The number of hydrogen-bond acceptors (Lipinski definition) is 3. The number of anilines is 1. The monoisotopic (exact) mass is 260 g/mol. The molecule has 0 bridgehead atoms. The summed E-state index contributed by atoms with van der Waals surface area (Å²) >= 11 is 1.86. The quantitative estimate of drug-likeness (QED) is 0.900. The van der Waals surface area contributed by atoms with E-state index in [1.165, 1.54) is 21.0 Å². The lowest BCUT2D eigenvalue weighted by Gasteiger charge is -2.13. The van der Waals surface area contributed by atoms with Gasteiger partial charge in [0.2, 0.25) is 0 Å². The molecule has 0 amide bonds. The maximum absolute atomic E-state index is 3.28. The Morgan fingerprint density at radius 1 is 1.17 bits per heavy atom. The molecule has 96 valence electrons. The van der Waals surface area contributed by atoms with Crippen LogP contribution in [0.5, 0.6) is 0 Å². The normalized spacial score (nSPS) is 12.4. The summed E-state index contributed by atoms with van der Waals surface area (Å²) in [7, 11) is 6.14. The van der Waals surface area contributed by atoms with Gasteiger partial charge in [0.15, 0.2) is 0 Å². The van der Waals surface area contributed by atoms with Gasteiger partial charge in [0, 0.05) is 35.6 Å². The molecule has 1 unspecified atom stereocenters. The second kappa shape index (κ2) is 5.55. The van der Waals surface area contributed by atoms with Crippen molar-refractivity contribution in [3.05, 3.63) is 41.3 Å². The van der Waals surface area contributed by atoms with Crippen molar-refractivity contribution in [1.29, 1.82) is 0 Å². The molecule has 1 aromatic carbocycles. The van der Waals surface area contributed by atoms with Gasteiger partial charge in [-0.1, -0.05) is 12.1 Å². The summed E-state index contributed by atoms with van der Waals surface area (Å²) in [6.45, 7) is 2.19. The first kappa shape index (κ1) is 13.1. The third kappa shape index (κ3) is 2.74. The molecule has 0 radical (unpaired) electrons. The van der Waals surface area contributed by atoms with E-state index in [1.807, 2.05) is 18.4 Å². The topological polar surface area (TPSA) is 15.3 Å². The molecule has 0 aliphatic rings. The van der Waals surface area contributed by atoms with Crippen LogP contribution in [0, 0.1) is 0 Å². The van der Waals surface area contributed by atoms with Crippen molar-refractivity contribution in [3.63, 3.8) is 0 Å². The minimum atomic E-state index is 0.417. The van der Waals surface area contributed by atoms with Crippen LogP contribution >= 0.6 is 11.3 Å². The lowest BCUT2D eigenvalue weighted by Crippen LogP contribution is -2.10. The van der Waals surface area contributed by atoms with Crippen molar-refractivity contribution < 1.29 is 0 Å². The van der Waals surface area contributed by atoms with E-state index in [1.54, 1.807) is 0 Å². The molecule has 0 spiro atoms. The highest BCUT2D eigenvalue weighted by Crippen LogP contribution is 2.32. The Morgan fingerprint density at radius 2 is 1.94 bits per heavy atom. The third-order valence-electron chi connectivity index (χ3n) is 3.13. The van der Waals surface area contributed by atoms with Crippen LogP contribution in [-0.2, 0) is 0 Å². The molecule has 2 rings (SSSR count). The molecule has 2 aromatic rings. The zero-order valence-electron chi connectivity index (χ0n) is 11.4. The van der Waals surface area contributed by atoms with Crippen LogP contribution in [0.1, 0.15) is 17.8 Å². The second-order valence-electron chi connectivity index (χ2n) is 4.66. The maximum atomic E-state index is 3.28. The molecule has 0 fully saturated rings. The fraction of sp³-hybridized carbons (Fsp3) is 0.333. The van der Waals surface area contributed by atoms with Gasteiger partial charge in [0.1, 0.15) is 0 Å². The Labute approximate surface area is 113 Å². The van der Waals surface area contributed by atoms with Crippen LogP contribution in [0.2, 0.25) is 0 Å². The molecule has 0 saturated heterocycles. The van der Waals surface area contributed by atoms with Gasteiger partial charge < -0.3 is 10.2 Å². The summed E-state index contributed by atoms with van der Waals surface area (Å²) in [6.07, 6.45) is 0. The highest BCUT2D eigenvalue weighted by molar-refractivity contribution is 7.15. The number of benzene rings is 1. The van der Waals surface area contributed by atoms with Crippen LogP contribution < -0.4 is 10.2 Å². The van der Waals surface area contributed by atoms with E-state index in [9.17, 15) is 0 Å². The lowest BCUT2D eigenvalue weighted by molar-refractivity contribution is 0.664. The van der Waals surface area contributed by atoms with E-state index >= 15 is 0 Å². The largest absolute Gasteiger partial charge is 0.378 e. The van der Waals surface area contributed by atoms with E-state index in [0.717, 1.165) is 0 Å². The number of rotatable bonds is 4. The zero-order chi connectivity index (χ0) is 13.1. The smallest absolute Gasteiger partial charge is 0.0383 e. The van der Waals surface area contributed by atoms with Crippen molar-refractivity contribution in [2.45, 2.75) is 13.0 Å². The van der Waals surface area contributed by atoms with E-state index in [-0.39, 0.29) is 0 Å². The summed E-state index contributed by atoms with van der Waals surface area (Å²) in [6, 6.07) is 13.5. The van der Waals surface area contributed by atoms with E-state index in [4.69, 9.17) is 0 Å². The average Bonchev–Trinajstić information content (AvgIpc) is 2.87. The molecule has 1 N–H and O–H groups in total. The predicted molar refractivity (Wildman–Crippen MR) is 81.6 cm³/mol. The van der Waals surface area contributed by atoms with Gasteiger partial charge in [-0.05, 0) is 43.8 Å². The summed E-state index contributed by atoms with van der Waals surface area (Å²) < 4.78 is 0. The summed E-state index contributed by atoms with van der Waals surface area (Å²) in [5.41, 5.74) is 2.53. The predicted octanol–water partition coefficient (Wildman–Crippen LogP) is 3.76. The van der Waals surface area contributed by atoms with Crippen LogP contribution in [-0.4, -0.2) is 21.1 Å². The van der Waals surface area contributed by atoms with Crippen LogP contribution in [0.25, 0.3) is 10.4 Å². The summed E-state index contributed by atoms with van der Waals surface area (Å²) in [5.74, 6) is 0. The van der Waals surface area contributed by atoms with Crippen molar-refractivity contribution >= 4 is 17.0 Å². The summed E-state index contributed by atoms with van der Waals surface area (Å²) in [5, 5.41) is 3.28. The van der Waals surface area contributed by atoms with Crippen molar-refractivity contribution in [2.75, 3.05) is 26.0 Å². The first-order valence-electron chi connectivity index (χ1n) is 6.16. The van der Waals surface area contributed by atoms with Gasteiger partial charge in [-0.25, -0.2) is 0 Å². The Bertz CT molecular complexity index is 517. The molecule has 0 aliphatic carbocycles. The fourth-order valence-corrected chi connectivity index (χ4v) is 2.89. The van der Waals surface area contributed by atoms with Gasteiger partial charge in [0.05, 0.1) is 0 Å². The molecule has 0 aliphatic heterocycles. The first-order valence-corrected chi connectivity index (χ1v) is 6.98. The van der Waals surface area contributed by atoms with E-state index < -0.39 is 0 Å². The molecule has 1 aromatic heterocycles.